The van der Waals surface area contributed by atoms with Crippen LogP contribution in [0.2, 0.25) is 0 Å². The monoisotopic (exact) mass is 419 g/mol. The van der Waals surface area contributed by atoms with Gasteiger partial charge < -0.3 is 9.47 Å². The van der Waals surface area contributed by atoms with Gasteiger partial charge in [0.1, 0.15) is 11.6 Å². The van der Waals surface area contributed by atoms with Gasteiger partial charge in [0.2, 0.25) is 5.91 Å². The minimum atomic E-state index is -0.214. The summed E-state index contributed by atoms with van der Waals surface area (Å²) in [4.78, 5) is 19.6. The molecule has 0 N–H and O–H groups in total. The van der Waals surface area contributed by atoms with Gasteiger partial charge in [-0.2, -0.15) is 0 Å². The fourth-order valence-corrected chi connectivity index (χ4v) is 4.44. The molecule has 0 spiro atoms. The molecule has 0 saturated carbocycles. The van der Waals surface area contributed by atoms with Crippen molar-refractivity contribution in [3.63, 3.8) is 0 Å². The van der Waals surface area contributed by atoms with Gasteiger partial charge in [-0.25, -0.2) is 9.37 Å². The number of hydrogen-bond acceptors (Lipinski definition) is 2. The molecule has 0 aliphatic carbocycles. The molecule has 1 aromatic heterocycles. The normalized spacial score (nSPS) is 15.8. The lowest BCUT2D eigenvalue weighted by Crippen LogP contribution is -2.41. The van der Waals surface area contributed by atoms with Crippen LogP contribution in [0.25, 0.3) is 0 Å². The minimum absolute atomic E-state index is 0.102. The second-order valence-electron chi connectivity index (χ2n) is 8.63. The third-order valence-electron chi connectivity index (χ3n) is 6.46. The molecule has 3 aromatic rings. The Hall–Kier alpha value is -2.95. The van der Waals surface area contributed by atoms with Crippen LogP contribution in [0, 0.1) is 18.7 Å². The highest BCUT2D eigenvalue weighted by Crippen LogP contribution is 2.25. The molecule has 5 heteroatoms. The summed E-state index contributed by atoms with van der Waals surface area (Å²) in [5.41, 5.74) is 3.26. The molecule has 1 fully saturated rings. The van der Waals surface area contributed by atoms with Crippen LogP contribution in [0.5, 0.6) is 0 Å². The zero-order valence-electron chi connectivity index (χ0n) is 18.3. The van der Waals surface area contributed by atoms with E-state index in [4.69, 9.17) is 0 Å². The molecule has 1 saturated heterocycles. The Morgan fingerprint density at radius 2 is 1.77 bits per heavy atom. The Bertz CT molecular complexity index is 1000. The average Bonchev–Trinajstić information content (AvgIpc) is 3.14. The van der Waals surface area contributed by atoms with Gasteiger partial charge in [-0.05, 0) is 55.9 Å². The van der Waals surface area contributed by atoms with Gasteiger partial charge in [0.05, 0.1) is 5.92 Å². The third kappa shape index (κ3) is 5.04. The number of carbonyl (C=O) groups excluding carboxylic acids is 1. The second-order valence-corrected chi connectivity index (χ2v) is 8.63. The molecule has 1 aliphatic heterocycles. The number of rotatable bonds is 6. The van der Waals surface area contributed by atoms with Crippen LogP contribution >= 0.6 is 0 Å². The number of nitrogens with zero attached hydrogens (tertiary/aromatic N) is 3. The smallest absolute Gasteiger partial charge is 0.229 e. The first kappa shape index (κ1) is 21.3. The molecule has 2 heterocycles. The summed E-state index contributed by atoms with van der Waals surface area (Å²) in [5.74, 6) is 1.50. The molecule has 0 bridgehead atoms. The highest BCUT2D eigenvalue weighted by Gasteiger charge is 2.27. The molecular weight excluding hydrogens is 389 g/mol. The maximum Gasteiger partial charge on any atom is 0.229 e. The van der Waals surface area contributed by atoms with Gasteiger partial charge in [-0.3, -0.25) is 4.79 Å². The van der Waals surface area contributed by atoms with Gasteiger partial charge in [-0.15, -0.1) is 0 Å². The maximum absolute atomic E-state index is 13.2. The SMILES string of the molecule is Cc1cnc(CC2CCN(C(=O)C(C)c3ccccc3)CC2)n1Cc1ccc(F)cc1. The van der Waals surface area contributed by atoms with Crippen LogP contribution in [0.3, 0.4) is 0 Å². The number of halogens is 1. The van der Waals surface area contributed by atoms with Gasteiger partial charge >= 0.3 is 0 Å². The average molecular weight is 420 g/mol. The zero-order chi connectivity index (χ0) is 21.8. The first-order valence-electron chi connectivity index (χ1n) is 11.1. The second kappa shape index (κ2) is 9.46. The van der Waals surface area contributed by atoms with Gasteiger partial charge in [0, 0.05) is 37.9 Å². The number of hydrogen-bond donors (Lipinski definition) is 0. The van der Waals surface area contributed by atoms with Crippen molar-refractivity contribution in [3.05, 3.63) is 89.3 Å². The van der Waals surface area contributed by atoms with E-state index in [-0.39, 0.29) is 17.6 Å². The van der Waals surface area contributed by atoms with Crippen LogP contribution < -0.4 is 0 Å². The first-order chi connectivity index (χ1) is 15.0. The number of carbonyl (C=O) groups is 1. The predicted molar refractivity (Wildman–Crippen MR) is 120 cm³/mol. The van der Waals surface area contributed by atoms with Crippen LogP contribution in [-0.2, 0) is 17.8 Å². The van der Waals surface area contributed by atoms with E-state index in [0.29, 0.717) is 12.5 Å². The number of imidazole rings is 1. The zero-order valence-corrected chi connectivity index (χ0v) is 18.3. The maximum atomic E-state index is 13.2. The lowest BCUT2D eigenvalue weighted by molar-refractivity contribution is -0.133. The van der Waals surface area contributed by atoms with Gasteiger partial charge in [0.15, 0.2) is 0 Å². The Morgan fingerprint density at radius 1 is 1.10 bits per heavy atom. The fourth-order valence-electron chi connectivity index (χ4n) is 4.44. The van der Waals surface area contributed by atoms with Crippen LogP contribution in [0.4, 0.5) is 4.39 Å². The Labute approximate surface area is 183 Å². The van der Waals surface area contributed by atoms with Crippen LogP contribution in [0.15, 0.2) is 60.8 Å². The quantitative estimate of drug-likeness (QED) is 0.566. The Morgan fingerprint density at radius 3 is 2.45 bits per heavy atom. The molecule has 1 unspecified atom stereocenters. The summed E-state index contributed by atoms with van der Waals surface area (Å²) in [6.07, 6.45) is 4.82. The predicted octanol–water partition coefficient (Wildman–Crippen LogP) is 4.96. The van der Waals surface area contributed by atoms with Crippen molar-refractivity contribution in [1.29, 1.82) is 0 Å². The molecule has 4 nitrogen and oxygen atoms in total. The molecule has 4 rings (SSSR count). The first-order valence-corrected chi connectivity index (χ1v) is 11.1. The van der Waals surface area contributed by atoms with Crippen LogP contribution in [-0.4, -0.2) is 33.4 Å². The van der Waals surface area contributed by atoms with E-state index >= 15 is 0 Å². The summed E-state index contributed by atoms with van der Waals surface area (Å²) in [6, 6.07) is 16.7. The van der Waals surface area contributed by atoms with Crippen LogP contribution in [0.1, 0.15) is 48.3 Å². The third-order valence-corrected chi connectivity index (χ3v) is 6.46. The van der Waals surface area contributed by atoms with E-state index in [0.717, 1.165) is 55.0 Å². The van der Waals surface area contributed by atoms with Gasteiger partial charge in [0.25, 0.3) is 0 Å². The van der Waals surface area contributed by atoms with Crippen molar-refractivity contribution in [1.82, 2.24) is 14.5 Å². The van der Waals surface area contributed by atoms with Crippen molar-refractivity contribution < 1.29 is 9.18 Å². The lowest BCUT2D eigenvalue weighted by Gasteiger charge is -2.33. The van der Waals surface area contributed by atoms with E-state index in [9.17, 15) is 9.18 Å². The Balaban J connectivity index is 1.35. The summed E-state index contributed by atoms with van der Waals surface area (Å²) in [5, 5.41) is 0. The highest BCUT2D eigenvalue weighted by atomic mass is 19.1. The topological polar surface area (TPSA) is 38.1 Å². The molecule has 1 aliphatic rings. The highest BCUT2D eigenvalue weighted by molar-refractivity contribution is 5.83. The number of benzene rings is 2. The molecule has 1 amide bonds. The molecule has 162 valence electrons. The van der Waals surface area contributed by atoms with Crippen molar-refractivity contribution in [2.75, 3.05) is 13.1 Å². The van der Waals surface area contributed by atoms with Crippen molar-refractivity contribution >= 4 is 5.91 Å². The van der Waals surface area contributed by atoms with E-state index in [2.05, 4.69) is 16.5 Å². The summed E-state index contributed by atoms with van der Waals surface area (Å²) in [6.45, 7) is 6.37. The molecule has 2 aromatic carbocycles. The fraction of sp³-hybridized carbons (Fsp3) is 0.385. The van der Waals surface area contributed by atoms with Crippen molar-refractivity contribution in [2.45, 2.75) is 45.6 Å². The Kier molecular flexibility index (Phi) is 6.50. The van der Waals surface area contributed by atoms with E-state index in [1.165, 1.54) is 12.1 Å². The molecule has 31 heavy (non-hydrogen) atoms. The largest absolute Gasteiger partial charge is 0.342 e. The number of likely N-dealkylation sites (tertiary alicyclic amines) is 1. The van der Waals surface area contributed by atoms with E-state index in [1.807, 2.05) is 60.5 Å². The number of aryl methyl sites for hydroxylation is 1. The summed E-state index contributed by atoms with van der Waals surface area (Å²) in [7, 11) is 0. The molecular formula is C26H30FN3O. The summed E-state index contributed by atoms with van der Waals surface area (Å²) >= 11 is 0. The standard InChI is InChI=1S/C26H30FN3O/c1-19-17-28-25(30(19)18-22-8-10-24(27)11-9-22)16-21-12-14-29(15-13-21)26(31)20(2)23-6-4-3-5-7-23/h3-11,17,20-21H,12-16,18H2,1-2H3. The van der Waals surface area contributed by atoms with E-state index < -0.39 is 0 Å². The molecule has 1 atom stereocenters. The number of amides is 1. The number of piperidine rings is 1. The minimum Gasteiger partial charge on any atom is -0.342 e. The lowest BCUT2D eigenvalue weighted by atomic mass is 9.91. The summed E-state index contributed by atoms with van der Waals surface area (Å²) < 4.78 is 15.4. The van der Waals surface area contributed by atoms with Gasteiger partial charge in [-0.1, -0.05) is 42.5 Å². The molecule has 0 radical (unpaired) electrons. The van der Waals surface area contributed by atoms with Crippen molar-refractivity contribution in [3.8, 4) is 0 Å². The van der Waals surface area contributed by atoms with E-state index in [1.54, 1.807) is 0 Å². The number of aromatic nitrogens is 2. The van der Waals surface area contributed by atoms with Crippen molar-refractivity contribution in [2.24, 2.45) is 5.92 Å².